The van der Waals surface area contributed by atoms with E-state index in [-0.39, 0.29) is 6.61 Å². The first-order valence-electron chi connectivity index (χ1n) is 9.48. The van der Waals surface area contributed by atoms with Gasteiger partial charge in [0.15, 0.2) is 11.5 Å². The van der Waals surface area contributed by atoms with E-state index in [0.29, 0.717) is 30.4 Å². The number of benzene rings is 2. The molecule has 2 aromatic rings. The fraction of sp³-hybridized carbons (Fsp3) is 0.455. The fourth-order valence-corrected chi connectivity index (χ4v) is 3.59. The number of fused-ring (bicyclic) bond motifs is 1. The van der Waals surface area contributed by atoms with Gasteiger partial charge in [0.05, 0.1) is 40.6 Å². The number of methoxy groups -OCH3 is 3. The summed E-state index contributed by atoms with van der Waals surface area (Å²) in [6, 6.07) is 12.2. The molecule has 1 heterocycles. The number of rotatable bonds is 9. The summed E-state index contributed by atoms with van der Waals surface area (Å²) in [5.74, 6) is 1.74. The zero-order valence-electron chi connectivity index (χ0n) is 16.8. The van der Waals surface area contributed by atoms with Gasteiger partial charge in [0, 0.05) is 19.6 Å². The third-order valence-electron chi connectivity index (χ3n) is 4.98. The van der Waals surface area contributed by atoms with E-state index in [1.165, 1.54) is 11.1 Å². The van der Waals surface area contributed by atoms with Crippen LogP contribution in [0.3, 0.4) is 0 Å². The van der Waals surface area contributed by atoms with Crippen LogP contribution in [-0.4, -0.2) is 57.1 Å². The van der Waals surface area contributed by atoms with Crippen molar-refractivity contribution in [2.45, 2.75) is 25.7 Å². The molecule has 1 aliphatic rings. The van der Waals surface area contributed by atoms with Gasteiger partial charge in [0.1, 0.15) is 0 Å². The summed E-state index contributed by atoms with van der Waals surface area (Å²) in [5, 5.41) is 10.4. The summed E-state index contributed by atoms with van der Waals surface area (Å²) in [4.78, 5) is 2.27. The van der Waals surface area contributed by atoms with Gasteiger partial charge in [-0.15, -0.1) is 0 Å². The molecule has 0 bridgehead atoms. The van der Waals surface area contributed by atoms with Crippen LogP contribution in [0.1, 0.15) is 16.7 Å². The van der Waals surface area contributed by atoms with Gasteiger partial charge in [-0.2, -0.15) is 0 Å². The Morgan fingerprint density at radius 3 is 2.32 bits per heavy atom. The van der Waals surface area contributed by atoms with Crippen molar-refractivity contribution in [2.24, 2.45) is 0 Å². The number of hydrogen-bond acceptors (Lipinski definition) is 6. The normalized spacial score (nSPS) is 15.0. The van der Waals surface area contributed by atoms with Crippen molar-refractivity contribution in [3.8, 4) is 17.2 Å². The predicted molar refractivity (Wildman–Crippen MR) is 107 cm³/mol. The highest BCUT2D eigenvalue weighted by molar-refractivity contribution is 5.53. The van der Waals surface area contributed by atoms with Gasteiger partial charge in [-0.3, -0.25) is 4.90 Å². The monoisotopic (exact) mass is 387 g/mol. The first-order valence-corrected chi connectivity index (χ1v) is 9.48. The predicted octanol–water partition coefficient (Wildman–Crippen LogP) is 2.65. The second-order valence-electron chi connectivity index (χ2n) is 6.96. The Morgan fingerprint density at radius 2 is 1.68 bits per heavy atom. The van der Waals surface area contributed by atoms with Gasteiger partial charge in [0.2, 0.25) is 5.75 Å². The van der Waals surface area contributed by atoms with E-state index < -0.39 is 6.10 Å². The van der Waals surface area contributed by atoms with E-state index in [9.17, 15) is 5.11 Å². The molecule has 1 aliphatic heterocycles. The maximum absolute atomic E-state index is 10.4. The lowest BCUT2D eigenvalue weighted by Crippen LogP contribution is -2.38. The smallest absolute Gasteiger partial charge is 0.203 e. The lowest BCUT2D eigenvalue weighted by molar-refractivity contribution is 0.00766. The van der Waals surface area contributed by atoms with Crippen molar-refractivity contribution in [1.82, 2.24) is 4.90 Å². The second-order valence-corrected chi connectivity index (χ2v) is 6.96. The zero-order chi connectivity index (χ0) is 19.9. The molecular formula is C22H29NO5. The molecule has 6 heteroatoms. The maximum atomic E-state index is 10.4. The molecule has 152 valence electrons. The highest BCUT2D eigenvalue weighted by Gasteiger charge is 2.19. The summed E-state index contributed by atoms with van der Waals surface area (Å²) >= 11 is 0. The molecule has 3 rings (SSSR count). The van der Waals surface area contributed by atoms with Crippen LogP contribution in [0.25, 0.3) is 0 Å². The van der Waals surface area contributed by atoms with E-state index in [1.54, 1.807) is 21.3 Å². The lowest BCUT2D eigenvalue weighted by atomic mass is 10.00. The van der Waals surface area contributed by atoms with Crippen molar-refractivity contribution in [3.05, 3.63) is 53.1 Å². The number of ether oxygens (including phenoxy) is 4. The molecule has 0 aliphatic carbocycles. The van der Waals surface area contributed by atoms with Crippen LogP contribution in [0.2, 0.25) is 0 Å². The molecule has 0 amide bonds. The Kier molecular flexibility index (Phi) is 7.14. The minimum atomic E-state index is -0.535. The summed E-state index contributed by atoms with van der Waals surface area (Å²) in [6.45, 7) is 3.07. The van der Waals surface area contributed by atoms with Crippen LogP contribution in [0.5, 0.6) is 17.2 Å². The molecule has 0 radical (unpaired) electrons. The number of nitrogens with zero attached hydrogens (tertiary/aromatic N) is 1. The molecule has 0 aromatic heterocycles. The molecule has 6 nitrogen and oxygen atoms in total. The molecule has 0 saturated carbocycles. The Balaban J connectivity index is 1.50. The van der Waals surface area contributed by atoms with Crippen LogP contribution in [0, 0.1) is 0 Å². The Hall–Kier alpha value is -2.28. The molecule has 1 N–H and O–H groups in total. The molecule has 28 heavy (non-hydrogen) atoms. The van der Waals surface area contributed by atoms with Crippen molar-refractivity contribution < 1.29 is 24.1 Å². The molecule has 0 unspecified atom stereocenters. The Morgan fingerprint density at radius 1 is 1.00 bits per heavy atom. The van der Waals surface area contributed by atoms with E-state index in [2.05, 4.69) is 29.2 Å². The topological polar surface area (TPSA) is 60.4 Å². The molecule has 0 saturated heterocycles. The quantitative estimate of drug-likeness (QED) is 0.714. The molecule has 0 fully saturated rings. The fourth-order valence-electron chi connectivity index (χ4n) is 3.59. The van der Waals surface area contributed by atoms with Crippen molar-refractivity contribution in [3.63, 3.8) is 0 Å². The third kappa shape index (κ3) is 4.95. The summed E-state index contributed by atoms with van der Waals surface area (Å²) < 4.78 is 21.8. The number of aliphatic hydroxyl groups is 1. The Labute approximate surface area is 166 Å². The SMILES string of the molecule is COc1cc(COC[C@H](O)CN2CCc3ccccc3C2)cc(OC)c1OC. The van der Waals surface area contributed by atoms with Gasteiger partial charge in [-0.25, -0.2) is 0 Å². The maximum Gasteiger partial charge on any atom is 0.203 e. The van der Waals surface area contributed by atoms with E-state index in [4.69, 9.17) is 18.9 Å². The molecule has 2 aromatic carbocycles. The third-order valence-corrected chi connectivity index (χ3v) is 4.98. The van der Waals surface area contributed by atoms with Crippen LogP contribution >= 0.6 is 0 Å². The van der Waals surface area contributed by atoms with Gasteiger partial charge < -0.3 is 24.1 Å². The first-order chi connectivity index (χ1) is 13.6. The largest absolute Gasteiger partial charge is 0.493 e. The van der Waals surface area contributed by atoms with Crippen molar-refractivity contribution in [2.75, 3.05) is 41.0 Å². The summed E-state index contributed by atoms with van der Waals surface area (Å²) in [6.07, 6.45) is 0.488. The average molecular weight is 387 g/mol. The molecule has 1 atom stereocenters. The number of β-amino-alcohol motifs (C(OH)–C–C–N with tert-alkyl or cyclic N) is 1. The van der Waals surface area contributed by atoms with Crippen molar-refractivity contribution in [1.29, 1.82) is 0 Å². The average Bonchev–Trinajstić information content (AvgIpc) is 2.72. The summed E-state index contributed by atoms with van der Waals surface area (Å²) in [5.41, 5.74) is 3.65. The highest BCUT2D eigenvalue weighted by atomic mass is 16.5. The number of hydrogen-bond donors (Lipinski definition) is 1. The summed E-state index contributed by atoms with van der Waals surface area (Å²) in [7, 11) is 4.75. The van der Waals surface area contributed by atoms with E-state index in [0.717, 1.165) is 25.1 Å². The molecular weight excluding hydrogens is 358 g/mol. The van der Waals surface area contributed by atoms with Crippen LogP contribution in [0.4, 0.5) is 0 Å². The van der Waals surface area contributed by atoms with E-state index >= 15 is 0 Å². The minimum Gasteiger partial charge on any atom is -0.493 e. The van der Waals surface area contributed by atoms with Crippen LogP contribution in [-0.2, 0) is 24.3 Å². The van der Waals surface area contributed by atoms with Gasteiger partial charge >= 0.3 is 0 Å². The highest BCUT2D eigenvalue weighted by Crippen LogP contribution is 2.38. The van der Waals surface area contributed by atoms with Gasteiger partial charge in [-0.05, 0) is 35.2 Å². The van der Waals surface area contributed by atoms with Crippen LogP contribution < -0.4 is 14.2 Å². The van der Waals surface area contributed by atoms with E-state index in [1.807, 2.05) is 12.1 Å². The number of aliphatic hydroxyl groups excluding tert-OH is 1. The standard InChI is InChI=1S/C22H29NO5/c1-25-20-10-16(11-21(26-2)22(20)27-3)14-28-15-19(24)13-23-9-8-17-6-4-5-7-18(17)12-23/h4-7,10-11,19,24H,8-9,12-15H2,1-3H3/t19-/m1/s1. The van der Waals surface area contributed by atoms with Gasteiger partial charge in [-0.1, -0.05) is 24.3 Å². The van der Waals surface area contributed by atoms with Gasteiger partial charge in [0.25, 0.3) is 0 Å². The first kappa shape index (κ1) is 20.5. The molecule has 0 spiro atoms. The second kappa shape index (κ2) is 9.78. The Bertz CT molecular complexity index is 754. The van der Waals surface area contributed by atoms with Crippen molar-refractivity contribution >= 4 is 0 Å². The zero-order valence-corrected chi connectivity index (χ0v) is 16.8. The lowest BCUT2D eigenvalue weighted by Gasteiger charge is -2.30. The van der Waals surface area contributed by atoms with Crippen LogP contribution in [0.15, 0.2) is 36.4 Å². The minimum absolute atomic E-state index is 0.273.